The smallest absolute Gasteiger partial charge is 0.346 e. The fourth-order valence-electron chi connectivity index (χ4n) is 4.22. The van der Waals surface area contributed by atoms with E-state index in [4.69, 9.17) is 4.74 Å². The topological polar surface area (TPSA) is 63.6 Å². The first-order valence-corrected chi connectivity index (χ1v) is 10.7. The Morgan fingerprint density at radius 3 is 2.07 bits per heavy atom. The van der Waals surface area contributed by atoms with E-state index in [2.05, 4.69) is 20.8 Å². The lowest BCUT2D eigenvalue weighted by Crippen LogP contribution is -2.37. The molecule has 4 heteroatoms. The van der Waals surface area contributed by atoms with E-state index in [-0.39, 0.29) is 23.4 Å². The standard InChI is InChI=1S/C26H30O4/c1-17(2)21-15-14-18(3)16-22(21)30-26(29)23(24(27)19-10-6-4-7-11-19)25(28)20-12-8-5-9-13-20/h4-13,17-18,21-22,27H,14-16H2,1-3H3/b24-23-/t18-,21+,22+/m0/s1. The zero-order valence-electron chi connectivity index (χ0n) is 17.9. The van der Waals surface area contributed by atoms with Crippen molar-refractivity contribution in [3.8, 4) is 0 Å². The van der Waals surface area contributed by atoms with Gasteiger partial charge in [-0.25, -0.2) is 4.79 Å². The summed E-state index contributed by atoms with van der Waals surface area (Å²) < 4.78 is 5.91. The van der Waals surface area contributed by atoms with E-state index >= 15 is 0 Å². The molecule has 3 atom stereocenters. The fraction of sp³-hybridized carbons (Fsp3) is 0.385. The predicted molar refractivity (Wildman–Crippen MR) is 118 cm³/mol. The summed E-state index contributed by atoms with van der Waals surface area (Å²) in [6, 6.07) is 17.2. The summed E-state index contributed by atoms with van der Waals surface area (Å²) in [5.74, 6) is -0.564. The minimum Gasteiger partial charge on any atom is -0.506 e. The molecule has 0 aliphatic heterocycles. The summed E-state index contributed by atoms with van der Waals surface area (Å²) in [7, 11) is 0. The molecule has 158 valence electrons. The van der Waals surface area contributed by atoms with Crippen molar-refractivity contribution < 1.29 is 19.4 Å². The van der Waals surface area contributed by atoms with Crippen LogP contribution in [0.15, 0.2) is 66.2 Å². The van der Waals surface area contributed by atoms with Gasteiger partial charge in [-0.15, -0.1) is 0 Å². The molecule has 1 aliphatic carbocycles. The van der Waals surface area contributed by atoms with Gasteiger partial charge >= 0.3 is 5.97 Å². The molecule has 0 heterocycles. The van der Waals surface area contributed by atoms with Crippen LogP contribution in [0.1, 0.15) is 56.0 Å². The van der Waals surface area contributed by atoms with E-state index in [1.807, 2.05) is 6.07 Å². The molecule has 4 nitrogen and oxygen atoms in total. The van der Waals surface area contributed by atoms with Crippen LogP contribution >= 0.6 is 0 Å². The van der Waals surface area contributed by atoms with Crippen molar-refractivity contribution in [2.75, 3.05) is 0 Å². The normalized spacial score (nSPS) is 22.3. The van der Waals surface area contributed by atoms with Gasteiger partial charge in [-0.3, -0.25) is 4.79 Å². The van der Waals surface area contributed by atoms with Gasteiger partial charge in [0.15, 0.2) is 0 Å². The van der Waals surface area contributed by atoms with Crippen molar-refractivity contribution in [1.82, 2.24) is 0 Å². The molecule has 0 amide bonds. The maximum Gasteiger partial charge on any atom is 0.346 e. The number of hydrogen-bond donors (Lipinski definition) is 1. The molecular formula is C26H30O4. The molecule has 3 rings (SSSR count). The minimum absolute atomic E-state index is 0.247. The summed E-state index contributed by atoms with van der Waals surface area (Å²) in [4.78, 5) is 26.5. The Kier molecular flexibility index (Phi) is 7.09. The van der Waals surface area contributed by atoms with Crippen LogP contribution in [0.5, 0.6) is 0 Å². The Hall–Kier alpha value is -2.88. The van der Waals surface area contributed by atoms with Crippen LogP contribution < -0.4 is 0 Å². The van der Waals surface area contributed by atoms with E-state index in [0.29, 0.717) is 23.0 Å². The Balaban J connectivity index is 1.97. The van der Waals surface area contributed by atoms with Crippen molar-refractivity contribution in [2.45, 2.75) is 46.1 Å². The highest BCUT2D eigenvalue weighted by Crippen LogP contribution is 2.36. The van der Waals surface area contributed by atoms with Gasteiger partial charge in [-0.05, 0) is 30.6 Å². The first-order valence-electron chi connectivity index (χ1n) is 10.7. The zero-order chi connectivity index (χ0) is 21.7. The highest BCUT2D eigenvalue weighted by molar-refractivity contribution is 6.27. The second kappa shape index (κ2) is 9.75. The van der Waals surface area contributed by atoms with Crippen molar-refractivity contribution in [3.63, 3.8) is 0 Å². The Labute approximate surface area is 178 Å². The van der Waals surface area contributed by atoms with Crippen LogP contribution in [0.4, 0.5) is 0 Å². The van der Waals surface area contributed by atoms with Crippen LogP contribution in [-0.2, 0) is 9.53 Å². The summed E-state index contributed by atoms with van der Waals surface area (Å²) >= 11 is 0. The van der Waals surface area contributed by atoms with Gasteiger partial charge in [-0.1, -0.05) is 87.9 Å². The molecule has 1 saturated carbocycles. The monoisotopic (exact) mass is 406 g/mol. The third-order valence-electron chi connectivity index (χ3n) is 5.97. The molecule has 2 aromatic rings. The summed E-state index contributed by atoms with van der Waals surface area (Å²) in [6.45, 7) is 6.42. The number of rotatable bonds is 6. The van der Waals surface area contributed by atoms with Crippen LogP contribution in [0.25, 0.3) is 5.76 Å². The molecule has 0 aromatic heterocycles. The Bertz CT molecular complexity index is 899. The number of ether oxygens (including phenoxy) is 1. The molecular weight excluding hydrogens is 376 g/mol. The van der Waals surface area contributed by atoms with E-state index in [1.54, 1.807) is 54.6 Å². The van der Waals surface area contributed by atoms with E-state index < -0.39 is 11.8 Å². The second-order valence-electron chi connectivity index (χ2n) is 8.55. The highest BCUT2D eigenvalue weighted by atomic mass is 16.5. The number of Topliss-reactive ketones (excluding diaryl/α,β-unsaturated/α-hetero) is 1. The van der Waals surface area contributed by atoms with Gasteiger partial charge in [0.1, 0.15) is 17.4 Å². The van der Waals surface area contributed by atoms with Gasteiger partial charge in [0.2, 0.25) is 5.78 Å². The largest absolute Gasteiger partial charge is 0.506 e. The predicted octanol–water partition coefficient (Wildman–Crippen LogP) is 5.84. The molecule has 2 aromatic carbocycles. The number of ketones is 1. The maximum absolute atomic E-state index is 13.3. The van der Waals surface area contributed by atoms with Gasteiger partial charge in [-0.2, -0.15) is 0 Å². The maximum atomic E-state index is 13.3. The third kappa shape index (κ3) is 4.99. The summed E-state index contributed by atoms with van der Waals surface area (Å²) in [6.07, 6.45) is 2.61. The lowest BCUT2D eigenvalue weighted by molar-refractivity contribution is -0.150. The minimum atomic E-state index is -0.755. The van der Waals surface area contributed by atoms with Crippen LogP contribution in [0, 0.1) is 17.8 Å². The second-order valence-corrected chi connectivity index (χ2v) is 8.55. The molecule has 30 heavy (non-hydrogen) atoms. The summed E-state index contributed by atoms with van der Waals surface area (Å²) in [5.41, 5.74) is 0.434. The van der Waals surface area contributed by atoms with E-state index in [1.165, 1.54) is 0 Å². The molecule has 0 saturated heterocycles. The Morgan fingerprint density at radius 2 is 1.50 bits per heavy atom. The quantitative estimate of drug-likeness (QED) is 0.163. The zero-order valence-corrected chi connectivity index (χ0v) is 17.9. The lowest BCUT2D eigenvalue weighted by atomic mass is 9.75. The van der Waals surface area contributed by atoms with Crippen LogP contribution in [0.3, 0.4) is 0 Å². The van der Waals surface area contributed by atoms with Crippen molar-refractivity contribution in [3.05, 3.63) is 77.4 Å². The number of hydrogen-bond acceptors (Lipinski definition) is 4. The van der Waals surface area contributed by atoms with E-state index in [9.17, 15) is 14.7 Å². The molecule has 1 fully saturated rings. The average molecular weight is 407 g/mol. The molecule has 0 bridgehead atoms. The van der Waals surface area contributed by atoms with Gasteiger partial charge < -0.3 is 9.84 Å². The molecule has 0 spiro atoms. The molecule has 1 aliphatic rings. The van der Waals surface area contributed by atoms with Gasteiger partial charge in [0.25, 0.3) is 0 Å². The molecule has 0 unspecified atom stereocenters. The molecule has 1 N–H and O–H groups in total. The summed E-state index contributed by atoms with van der Waals surface area (Å²) in [5, 5.41) is 10.9. The van der Waals surface area contributed by atoms with Crippen LogP contribution in [-0.4, -0.2) is 23.0 Å². The van der Waals surface area contributed by atoms with Crippen molar-refractivity contribution in [2.24, 2.45) is 17.8 Å². The number of aliphatic hydroxyl groups is 1. The average Bonchev–Trinajstić information content (AvgIpc) is 2.74. The lowest BCUT2D eigenvalue weighted by Gasteiger charge is -2.36. The highest BCUT2D eigenvalue weighted by Gasteiger charge is 2.36. The number of aliphatic hydroxyl groups excluding tert-OH is 1. The third-order valence-corrected chi connectivity index (χ3v) is 5.97. The molecule has 0 radical (unpaired) electrons. The van der Waals surface area contributed by atoms with Crippen molar-refractivity contribution in [1.29, 1.82) is 0 Å². The van der Waals surface area contributed by atoms with Crippen molar-refractivity contribution >= 4 is 17.5 Å². The first-order chi connectivity index (χ1) is 14.4. The number of carbonyl (C=O) groups is 2. The van der Waals surface area contributed by atoms with Crippen LogP contribution in [0.2, 0.25) is 0 Å². The number of esters is 1. The van der Waals surface area contributed by atoms with Gasteiger partial charge in [0.05, 0.1) is 0 Å². The fourth-order valence-corrected chi connectivity index (χ4v) is 4.22. The Morgan fingerprint density at radius 1 is 0.933 bits per heavy atom. The first kappa shape index (κ1) is 21.8. The van der Waals surface area contributed by atoms with E-state index in [0.717, 1.165) is 19.3 Å². The SMILES string of the molecule is CC(C)[C@H]1CC[C@H](C)C[C@H]1OC(=O)/C(C(=O)c1ccccc1)=C(\O)c1ccccc1. The van der Waals surface area contributed by atoms with Gasteiger partial charge in [0, 0.05) is 11.1 Å². The number of carbonyl (C=O) groups excluding carboxylic acids is 2. The number of benzene rings is 2.